The lowest BCUT2D eigenvalue weighted by atomic mass is 9.99. The third-order valence-electron chi connectivity index (χ3n) is 6.89. The van der Waals surface area contributed by atoms with Gasteiger partial charge in [-0.25, -0.2) is 12.8 Å². The molecule has 3 aromatic rings. The van der Waals surface area contributed by atoms with Gasteiger partial charge in [0, 0.05) is 43.8 Å². The molecule has 218 valence electrons. The van der Waals surface area contributed by atoms with Crippen molar-refractivity contribution < 1.29 is 22.4 Å². The molecule has 1 aliphatic heterocycles. The molecular formula is C30H36FN5O4S. The summed E-state index contributed by atoms with van der Waals surface area (Å²) in [7, 11) is -3.44. The number of carbonyl (C=O) groups is 2. The van der Waals surface area contributed by atoms with Crippen molar-refractivity contribution in [2.45, 2.75) is 31.3 Å². The summed E-state index contributed by atoms with van der Waals surface area (Å²) in [6, 6.07) is 22.1. The minimum atomic E-state index is -3.44. The summed E-state index contributed by atoms with van der Waals surface area (Å²) in [4.78, 5) is 30.1. The summed E-state index contributed by atoms with van der Waals surface area (Å²) in [6.45, 7) is 1.54. The minimum absolute atomic E-state index is 0.0888. The smallest absolute Gasteiger partial charge is 0.238 e. The maximum Gasteiger partial charge on any atom is 0.238 e. The Bertz CT molecular complexity index is 1450. The molecule has 11 heteroatoms. The molecule has 1 saturated heterocycles. The number of halogens is 1. The lowest BCUT2D eigenvalue weighted by Crippen LogP contribution is -2.57. The summed E-state index contributed by atoms with van der Waals surface area (Å²) in [6.07, 6.45) is 2.04. The van der Waals surface area contributed by atoms with Gasteiger partial charge in [0.1, 0.15) is 5.82 Å². The van der Waals surface area contributed by atoms with E-state index in [4.69, 9.17) is 5.73 Å². The molecule has 2 atom stereocenters. The van der Waals surface area contributed by atoms with Crippen LogP contribution in [0.4, 0.5) is 15.8 Å². The highest BCUT2D eigenvalue weighted by molar-refractivity contribution is 7.92. The van der Waals surface area contributed by atoms with Crippen LogP contribution in [0.15, 0.2) is 78.9 Å². The summed E-state index contributed by atoms with van der Waals surface area (Å²) < 4.78 is 39.6. The van der Waals surface area contributed by atoms with Crippen molar-refractivity contribution >= 4 is 33.2 Å². The third kappa shape index (κ3) is 9.38. The van der Waals surface area contributed by atoms with Crippen molar-refractivity contribution in [2.75, 3.05) is 42.5 Å². The van der Waals surface area contributed by atoms with Crippen LogP contribution in [0.3, 0.4) is 0 Å². The second-order valence-electron chi connectivity index (χ2n) is 10.4. The fourth-order valence-electron chi connectivity index (χ4n) is 5.09. The SMILES string of the molecule is CS(=O)(=O)Nc1cccc(NC(=O)CN2CCN(C(=O)C[C@@H](N)Cc3ccccc3F)C(Cc3ccccc3)C2)c1. The molecule has 0 radical (unpaired) electrons. The van der Waals surface area contributed by atoms with E-state index in [0.29, 0.717) is 43.0 Å². The average Bonchev–Trinajstić information content (AvgIpc) is 2.90. The largest absolute Gasteiger partial charge is 0.337 e. The second-order valence-corrected chi connectivity index (χ2v) is 12.2. The van der Waals surface area contributed by atoms with Gasteiger partial charge in [-0.3, -0.25) is 19.2 Å². The van der Waals surface area contributed by atoms with Crippen molar-refractivity contribution in [3.8, 4) is 0 Å². The summed E-state index contributed by atoms with van der Waals surface area (Å²) in [5.74, 6) is -0.664. The van der Waals surface area contributed by atoms with Crippen LogP contribution in [0, 0.1) is 5.82 Å². The molecule has 9 nitrogen and oxygen atoms in total. The topological polar surface area (TPSA) is 125 Å². The van der Waals surface area contributed by atoms with Gasteiger partial charge in [-0.05, 0) is 48.2 Å². The van der Waals surface area contributed by atoms with Gasteiger partial charge in [0.05, 0.1) is 18.5 Å². The highest BCUT2D eigenvalue weighted by Crippen LogP contribution is 2.19. The Morgan fingerprint density at radius 2 is 1.71 bits per heavy atom. The van der Waals surface area contributed by atoms with Crippen molar-refractivity contribution in [2.24, 2.45) is 5.73 Å². The quantitative estimate of drug-likeness (QED) is 0.320. The molecule has 0 aliphatic carbocycles. The zero-order valence-corrected chi connectivity index (χ0v) is 23.8. The predicted octanol–water partition coefficient (Wildman–Crippen LogP) is 2.85. The molecule has 0 saturated carbocycles. The Labute approximate surface area is 240 Å². The zero-order chi connectivity index (χ0) is 29.4. The van der Waals surface area contributed by atoms with E-state index in [2.05, 4.69) is 10.0 Å². The van der Waals surface area contributed by atoms with Crippen molar-refractivity contribution in [1.82, 2.24) is 9.80 Å². The van der Waals surface area contributed by atoms with Crippen molar-refractivity contribution in [3.63, 3.8) is 0 Å². The number of hydrogen-bond acceptors (Lipinski definition) is 6. The lowest BCUT2D eigenvalue weighted by Gasteiger charge is -2.42. The van der Waals surface area contributed by atoms with Gasteiger partial charge in [0.2, 0.25) is 21.8 Å². The van der Waals surface area contributed by atoms with E-state index in [0.717, 1.165) is 11.8 Å². The van der Waals surface area contributed by atoms with E-state index in [9.17, 15) is 22.4 Å². The zero-order valence-electron chi connectivity index (χ0n) is 23.0. The first kappa shape index (κ1) is 30.2. The van der Waals surface area contributed by atoms with Gasteiger partial charge >= 0.3 is 0 Å². The van der Waals surface area contributed by atoms with E-state index in [-0.39, 0.29) is 43.1 Å². The Morgan fingerprint density at radius 1 is 1.00 bits per heavy atom. The maximum atomic E-state index is 14.1. The van der Waals surface area contributed by atoms with Crippen LogP contribution >= 0.6 is 0 Å². The van der Waals surface area contributed by atoms with E-state index in [1.807, 2.05) is 40.1 Å². The van der Waals surface area contributed by atoms with E-state index in [1.165, 1.54) is 6.07 Å². The van der Waals surface area contributed by atoms with Gasteiger partial charge in [0.15, 0.2) is 0 Å². The molecule has 0 spiro atoms. The monoisotopic (exact) mass is 581 g/mol. The van der Waals surface area contributed by atoms with Crippen LogP contribution in [-0.2, 0) is 32.5 Å². The number of amides is 2. The average molecular weight is 582 g/mol. The number of anilines is 2. The Balaban J connectivity index is 1.39. The molecule has 2 amide bonds. The fraction of sp³-hybridized carbons (Fsp3) is 0.333. The molecular weight excluding hydrogens is 545 g/mol. The molecule has 3 aromatic carbocycles. The van der Waals surface area contributed by atoms with Gasteiger partial charge in [-0.2, -0.15) is 0 Å². The summed E-state index contributed by atoms with van der Waals surface area (Å²) in [5, 5.41) is 2.82. The third-order valence-corrected chi connectivity index (χ3v) is 7.50. The Morgan fingerprint density at radius 3 is 2.44 bits per heavy atom. The molecule has 1 fully saturated rings. The second kappa shape index (κ2) is 13.7. The standard InChI is InChI=1S/C30H36FN5O4S/c1-41(39,40)34-26-12-7-11-25(19-26)33-29(37)21-35-14-15-36(27(20-35)16-22-8-3-2-4-9-22)30(38)18-24(32)17-23-10-5-6-13-28(23)31/h2-13,19,24,27,34H,14-18,20-21,32H2,1H3,(H,33,37)/t24-,27?/m0/s1. The number of benzene rings is 3. The minimum Gasteiger partial charge on any atom is -0.337 e. The molecule has 1 heterocycles. The van der Waals surface area contributed by atoms with Crippen LogP contribution in [0.1, 0.15) is 17.5 Å². The molecule has 0 aromatic heterocycles. The number of hydrogen-bond donors (Lipinski definition) is 3. The number of piperazine rings is 1. The number of rotatable bonds is 11. The lowest BCUT2D eigenvalue weighted by molar-refractivity contribution is -0.136. The van der Waals surface area contributed by atoms with Gasteiger partial charge < -0.3 is 16.0 Å². The van der Waals surface area contributed by atoms with Crippen LogP contribution in [0.25, 0.3) is 0 Å². The van der Waals surface area contributed by atoms with Crippen LogP contribution in [0.5, 0.6) is 0 Å². The summed E-state index contributed by atoms with van der Waals surface area (Å²) in [5.41, 5.74) is 8.67. The molecule has 4 N–H and O–H groups in total. The normalized spacial score (nSPS) is 16.7. The van der Waals surface area contributed by atoms with Gasteiger partial charge in [-0.15, -0.1) is 0 Å². The van der Waals surface area contributed by atoms with Crippen LogP contribution < -0.4 is 15.8 Å². The maximum absolute atomic E-state index is 14.1. The summed E-state index contributed by atoms with van der Waals surface area (Å²) >= 11 is 0. The number of nitrogens with one attached hydrogen (secondary N) is 2. The van der Waals surface area contributed by atoms with E-state index in [1.54, 1.807) is 42.5 Å². The number of nitrogens with two attached hydrogens (primary N) is 1. The van der Waals surface area contributed by atoms with Crippen molar-refractivity contribution in [3.05, 3.63) is 95.8 Å². The first-order valence-electron chi connectivity index (χ1n) is 13.5. The highest BCUT2D eigenvalue weighted by Gasteiger charge is 2.32. The molecule has 4 rings (SSSR count). The van der Waals surface area contributed by atoms with Gasteiger partial charge in [0.25, 0.3) is 0 Å². The Kier molecular flexibility index (Phi) is 10.1. The first-order valence-corrected chi connectivity index (χ1v) is 15.4. The number of carbonyl (C=O) groups excluding carboxylic acids is 2. The molecule has 41 heavy (non-hydrogen) atoms. The number of sulfonamides is 1. The Hall–Kier alpha value is -3.80. The van der Waals surface area contributed by atoms with Gasteiger partial charge in [-0.1, -0.05) is 54.6 Å². The van der Waals surface area contributed by atoms with E-state index < -0.39 is 16.1 Å². The highest BCUT2D eigenvalue weighted by atomic mass is 32.2. The molecule has 0 bridgehead atoms. The van der Waals surface area contributed by atoms with Crippen molar-refractivity contribution in [1.29, 1.82) is 0 Å². The predicted molar refractivity (Wildman–Crippen MR) is 158 cm³/mol. The van der Waals surface area contributed by atoms with Crippen LogP contribution in [-0.4, -0.2) is 74.6 Å². The fourth-order valence-corrected chi connectivity index (χ4v) is 5.65. The molecule has 1 aliphatic rings. The number of nitrogens with zero attached hydrogens (tertiary/aromatic N) is 2. The first-order chi connectivity index (χ1) is 19.6. The molecule has 1 unspecified atom stereocenters. The van der Waals surface area contributed by atoms with Crippen LogP contribution in [0.2, 0.25) is 0 Å². The van der Waals surface area contributed by atoms with E-state index >= 15 is 0 Å².